The Bertz CT molecular complexity index is 1350. The number of aromatic amines is 1. The number of benzene rings is 2. The molecule has 0 aliphatic carbocycles. The molecule has 0 saturated carbocycles. The summed E-state index contributed by atoms with van der Waals surface area (Å²) in [5.41, 5.74) is -1.25. The normalized spacial score (nSPS) is 11.9. The predicted octanol–water partition coefficient (Wildman–Crippen LogP) is 5.87. The number of nitrogens with one attached hydrogen (secondary N) is 3. The summed E-state index contributed by atoms with van der Waals surface area (Å²) in [5, 5.41) is 13.4. The Morgan fingerprint density at radius 3 is 2.51 bits per heavy atom. The summed E-state index contributed by atoms with van der Waals surface area (Å²) in [6.45, 7) is 3.31. The zero-order valence-corrected chi connectivity index (χ0v) is 18.6. The smallest absolute Gasteiger partial charge is 0.416 e. The molecule has 0 saturated heterocycles. The predicted molar refractivity (Wildman–Crippen MR) is 122 cm³/mol. The van der Waals surface area contributed by atoms with Gasteiger partial charge in [-0.1, -0.05) is 12.1 Å². The van der Waals surface area contributed by atoms with Crippen molar-refractivity contribution < 1.29 is 27.1 Å². The fraction of sp³-hybridized carbons (Fsp3) is 0.208. The van der Waals surface area contributed by atoms with E-state index in [9.17, 15) is 27.2 Å². The molecule has 0 aliphatic heterocycles. The van der Waals surface area contributed by atoms with Gasteiger partial charge in [0.2, 0.25) is 0 Å². The van der Waals surface area contributed by atoms with Crippen LogP contribution < -0.4 is 20.9 Å². The van der Waals surface area contributed by atoms with Gasteiger partial charge in [-0.3, -0.25) is 4.79 Å². The maximum atomic E-state index is 14.6. The topological polar surface area (TPSA) is 107 Å². The fourth-order valence-electron chi connectivity index (χ4n) is 3.30. The lowest BCUT2D eigenvalue weighted by molar-refractivity contribution is -0.138. The molecule has 35 heavy (non-hydrogen) atoms. The Morgan fingerprint density at radius 2 is 1.89 bits per heavy atom. The van der Waals surface area contributed by atoms with Gasteiger partial charge in [0.05, 0.1) is 29.8 Å². The van der Waals surface area contributed by atoms with Gasteiger partial charge in [0, 0.05) is 17.4 Å². The number of urea groups is 1. The molecule has 0 radical (unpaired) electrons. The molecule has 3 N–H and O–H groups in total. The molecule has 0 spiro atoms. The summed E-state index contributed by atoms with van der Waals surface area (Å²) in [6, 6.07) is 9.18. The number of nitriles is 1. The summed E-state index contributed by atoms with van der Waals surface area (Å²) in [4.78, 5) is 26.5. The van der Waals surface area contributed by atoms with Crippen LogP contribution in [0.1, 0.15) is 30.9 Å². The van der Waals surface area contributed by atoms with E-state index < -0.39 is 35.1 Å². The lowest BCUT2D eigenvalue weighted by atomic mass is 9.96. The second-order valence-electron chi connectivity index (χ2n) is 7.44. The van der Waals surface area contributed by atoms with E-state index in [4.69, 9.17) is 10.00 Å². The average Bonchev–Trinajstić information content (AvgIpc) is 2.81. The molecule has 0 bridgehead atoms. The van der Waals surface area contributed by atoms with E-state index in [-0.39, 0.29) is 29.3 Å². The molecule has 1 aromatic heterocycles. The number of hydrogen-bond donors (Lipinski definition) is 3. The molecule has 2 amide bonds. The number of ether oxygens (including phenoxy) is 1. The van der Waals surface area contributed by atoms with Gasteiger partial charge in [-0.2, -0.15) is 18.4 Å². The minimum atomic E-state index is -4.74. The SMILES string of the molecule is CCOc1cc(-c2ccc(NC(=O)Nc3ccc(C(C)C#N)c(C(F)(F)F)c3)c(F)c2)c[nH]c1=O. The third kappa shape index (κ3) is 5.97. The summed E-state index contributed by atoms with van der Waals surface area (Å²) in [6.07, 6.45) is -3.35. The third-order valence-corrected chi connectivity index (χ3v) is 5.00. The Kier molecular flexibility index (Phi) is 7.44. The van der Waals surface area contributed by atoms with E-state index in [1.54, 1.807) is 13.0 Å². The van der Waals surface area contributed by atoms with Gasteiger partial charge in [-0.05, 0) is 55.3 Å². The van der Waals surface area contributed by atoms with Crippen molar-refractivity contribution in [2.75, 3.05) is 17.2 Å². The number of nitrogens with zero attached hydrogens (tertiary/aromatic N) is 1. The van der Waals surface area contributed by atoms with Crippen molar-refractivity contribution in [2.24, 2.45) is 0 Å². The molecule has 3 aromatic rings. The summed E-state index contributed by atoms with van der Waals surface area (Å²) in [7, 11) is 0. The molecule has 2 aromatic carbocycles. The van der Waals surface area contributed by atoms with Gasteiger partial charge in [-0.25, -0.2) is 9.18 Å². The van der Waals surface area contributed by atoms with Crippen molar-refractivity contribution in [3.63, 3.8) is 0 Å². The summed E-state index contributed by atoms with van der Waals surface area (Å²) >= 11 is 0. The molecule has 1 atom stereocenters. The highest BCUT2D eigenvalue weighted by molar-refractivity contribution is 6.00. The number of carbonyl (C=O) groups excluding carboxylic acids is 1. The van der Waals surface area contributed by atoms with Crippen LogP contribution in [0.2, 0.25) is 0 Å². The van der Waals surface area contributed by atoms with Crippen molar-refractivity contribution in [3.8, 4) is 22.9 Å². The molecule has 0 aliphatic rings. The molecule has 7 nitrogen and oxygen atoms in total. The molecule has 1 unspecified atom stereocenters. The van der Waals surface area contributed by atoms with Gasteiger partial charge in [0.25, 0.3) is 5.56 Å². The summed E-state index contributed by atoms with van der Waals surface area (Å²) < 4.78 is 60.1. The highest BCUT2D eigenvalue weighted by atomic mass is 19.4. The molecular weight excluding hydrogens is 468 g/mol. The molecule has 182 valence electrons. The lowest BCUT2D eigenvalue weighted by Gasteiger charge is -2.16. The minimum Gasteiger partial charge on any atom is -0.488 e. The first kappa shape index (κ1) is 25.3. The number of anilines is 2. The van der Waals surface area contributed by atoms with Crippen molar-refractivity contribution in [1.82, 2.24) is 4.98 Å². The number of rotatable bonds is 6. The zero-order valence-electron chi connectivity index (χ0n) is 18.6. The number of halogens is 4. The van der Waals surface area contributed by atoms with E-state index >= 15 is 0 Å². The lowest BCUT2D eigenvalue weighted by Crippen LogP contribution is -2.21. The van der Waals surface area contributed by atoms with Crippen molar-refractivity contribution >= 4 is 17.4 Å². The monoisotopic (exact) mass is 488 g/mol. The first-order valence-corrected chi connectivity index (χ1v) is 10.4. The maximum Gasteiger partial charge on any atom is 0.416 e. The molecule has 3 rings (SSSR count). The number of aromatic nitrogens is 1. The molecule has 0 fully saturated rings. The molecule has 1 heterocycles. The van der Waals surface area contributed by atoms with Gasteiger partial charge in [0.15, 0.2) is 5.75 Å². The number of amides is 2. The van der Waals surface area contributed by atoms with Crippen LogP contribution in [0, 0.1) is 17.1 Å². The van der Waals surface area contributed by atoms with Crippen molar-refractivity contribution in [3.05, 3.63) is 76.0 Å². The van der Waals surface area contributed by atoms with Gasteiger partial charge < -0.3 is 20.4 Å². The molecular formula is C24H20F4N4O3. The van der Waals surface area contributed by atoms with Crippen LogP contribution in [0.3, 0.4) is 0 Å². The second kappa shape index (κ2) is 10.3. The Balaban J connectivity index is 1.78. The fourth-order valence-corrected chi connectivity index (χ4v) is 3.30. The number of carbonyl (C=O) groups is 1. The van der Waals surface area contributed by atoms with Crippen molar-refractivity contribution in [2.45, 2.75) is 25.9 Å². The van der Waals surface area contributed by atoms with E-state index in [1.165, 1.54) is 37.4 Å². The van der Waals surface area contributed by atoms with Crippen LogP contribution in [0.25, 0.3) is 11.1 Å². The number of alkyl halides is 3. The first-order chi connectivity index (χ1) is 16.5. The van der Waals surface area contributed by atoms with Crippen LogP contribution in [0.4, 0.5) is 33.7 Å². The highest BCUT2D eigenvalue weighted by Crippen LogP contribution is 2.37. The van der Waals surface area contributed by atoms with E-state index in [1.807, 2.05) is 0 Å². The van der Waals surface area contributed by atoms with Crippen LogP contribution >= 0.6 is 0 Å². The van der Waals surface area contributed by atoms with Gasteiger partial charge >= 0.3 is 12.2 Å². The second-order valence-corrected chi connectivity index (χ2v) is 7.44. The summed E-state index contributed by atoms with van der Waals surface area (Å²) in [5.74, 6) is -1.74. The Hall–Kier alpha value is -4.33. The molecule has 11 heteroatoms. The van der Waals surface area contributed by atoms with E-state index in [2.05, 4.69) is 15.6 Å². The van der Waals surface area contributed by atoms with Crippen LogP contribution in [0.5, 0.6) is 5.75 Å². The van der Waals surface area contributed by atoms with Crippen molar-refractivity contribution in [1.29, 1.82) is 5.26 Å². The standard InChI is InChI=1S/C24H20F4N4O3/c1-3-35-21-9-15(12-30-22(21)33)14-4-7-20(19(25)8-14)32-23(34)31-16-5-6-17(13(2)11-29)18(10-16)24(26,27)28/h4-10,12-13H,3H2,1-2H3,(H,30,33)(H2,31,32,34). The van der Waals surface area contributed by atoms with E-state index in [0.717, 1.165) is 12.1 Å². The number of H-pyrrole nitrogens is 1. The Labute approximate surface area is 197 Å². The largest absolute Gasteiger partial charge is 0.488 e. The maximum absolute atomic E-state index is 14.6. The third-order valence-electron chi connectivity index (χ3n) is 5.00. The van der Waals surface area contributed by atoms with Gasteiger partial charge in [-0.15, -0.1) is 0 Å². The van der Waals surface area contributed by atoms with Crippen LogP contribution in [0.15, 0.2) is 53.5 Å². The number of hydrogen-bond acceptors (Lipinski definition) is 4. The average molecular weight is 488 g/mol. The zero-order chi connectivity index (χ0) is 25.8. The Morgan fingerprint density at radius 1 is 1.14 bits per heavy atom. The van der Waals surface area contributed by atoms with Crippen LogP contribution in [-0.4, -0.2) is 17.6 Å². The first-order valence-electron chi connectivity index (χ1n) is 10.4. The van der Waals surface area contributed by atoms with Crippen LogP contribution in [-0.2, 0) is 6.18 Å². The van der Waals surface area contributed by atoms with Gasteiger partial charge in [0.1, 0.15) is 5.82 Å². The highest BCUT2D eigenvalue weighted by Gasteiger charge is 2.35. The quantitative estimate of drug-likeness (QED) is 0.377. The number of pyridine rings is 1. The minimum absolute atomic E-state index is 0.0698. The van der Waals surface area contributed by atoms with E-state index in [0.29, 0.717) is 17.2 Å².